The summed E-state index contributed by atoms with van der Waals surface area (Å²) in [6.07, 6.45) is 0.792. The Labute approximate surface area is 196 Å². The average molecular weight is 497 g/mol. The molecule has 0 saturated carbocycles. The molecule has 156 valence electrons. The van der Waals surface area contributed by atoms with Crippen molar-refractivity contribution in [1.82, 2.24) is 4.98 Å². The molecular formula is C28H22BrN2P. The molecule has 1 N–H and O–H groups in total. The van der Waals surface area contributed by atoms with E-state index in [-0.39, 0.29) is 0 Å². The molecule has 0 radical (unpaired) electrons. The van der Waals surface area contributed by atoms with Crippen molar-refractivity contribution in [2.24, 2.45) is 0 Å². The number of nitrogens with one attached hydrogen (secondary N) is 1. The molecule has 0 fully saturated rings. The van der Waals surface area contributed by atoms with Gasteiger partial charge >= 0.3 is 197 Å². The first-order valence-electron chi connectivity index (χ1n) is 10.5. The summed E-state index contributed by atoms with van der Waals surface area (Å²) < 4.78 is 0. The average Bonchev–Trinajstić information content (AvgIpc) is 3.26. The van der Waals surface area contributed by atoms with Crippen molar-refractivity contribution in [2.75, 3.05) is 0 Å². The van der Waals surface area contributed by atoms with E-state index in [1.54, 1.807) is 0 Å². The summed E-state index contributed by atoms with van der Waals surface area (Å²) in [6, 6.07) is 42.6. The number of hydrogen-bond donors (Lipinski definition) is 1. The second kappa shape index (κ2) is 8.06. The van der Waals surface area contributed by atoms with Gasteiger partial charge in [-0.15, -0.1) is 0 Å². The minimum absolute atomic E-state index is 0.675. The number of rotatable bonds is 5. The molecule has 0 aliphatic heterocycles. The molecule has 0 unspecified atom stereocenters. The van der Waals surface area contributed by atoms with E-state index < -0.39 is 5.31 Å². The molecular weight excluding hydrogens is 475 g/mol. The fraction of sp³-hybridized carbons (Fsp3) is 0.0357. The molecule has 0 bridgehead atoms. The molecule has 1 heterocycles. The van der Waals surface area contributed by atoms with Crippen molar-refractivity contribution in [3.8, 4) is 6.07 Å². The molecule has 0 amide bonds. The quantitative estimate of drug-likeness (QED) is 0.281. The Morgan fingerprint density at radius 2 is 1.19 bits per heavy atom. The van der Waals surface area contributed by atoms with Gasteiger partial charge in [-0.25, -0.2) is 0 Å². The zero-order valence-electron chi connectivity index (χ0n) is 17.4. The third kappa shape index (κ3) is 3.28. The van der Waals surface area contributed by atoms with Gasteiger partial charge in [0.05, 0.1) is 0 Å². The first-order valence-corrected chi connectivity index (χ1v) is 15.0. The zero-order valence-corrected chi connectivity index (χ0v) is 19.9. The van der Waals surface area contributed by atoms with Gasteiger partial charge < -0.3 is 0 Å². The van der Waals surface area contributed by atoms with Gasteiger partial charge in [-0.2, -0.15) is 0 Å². The monoisotopic (exact) mass is 496 g/mol. The molecule has 0 saturated heterocycles. The Kier molecular flexibility index (Phi) is 5.22. The number of halogens is 1. The van der Waals surface area contributed by atoms with Gasteiger partial charge in [0.15, 0.2) is 0 Å². The van der Waals surface area contributed by atoms with E-state index in [1.165, 1.54) is 15.9 Å². The van der Waals surface area contributed by atoms with Gasteiger partial charge in [-0.3, -0.25) is 0 Å². The summed E-state index contributed by atoms with van der Waals surface area (Å²) >= 11 is 4.50. The normalized spacial score (nSPS) is 12.7. The van der Waals surface area contributed by atoms with Crippen LogP contribution in [0.4, 0.5) is 0 Å². The summed E-state index contributed by atoms with van der Waals surface area (Å²) in [7, 11) is 0. The Morgan fingerprint density at radius 3 is 1.66 bits per heavy atom. The van der Waals surface area contributed by atoms with Crippen molar-refractivity contribution in [2.45, 2.75) is 6.16 Å². The Morgan fingerprint density at radius 1 is 0.688 bits per heavy atom. The van der Waals surface area contributed by atoms with Crippen LogP contribution < -0.4 is 15.9 Å². The maximum absolute atomic E-state index is 9.32. The standard InChI is InChI=1S/C28H22BrN2P/c29-32(25-10-4-1-5-11-25,26-12-6-2-7-13-26,27-14-8-3-9-15-27)21-24-19-23-18-22(20-30)16-17-28(23)31-24/h1-19,31H,21H2. The van der Waals surface area contributed by atoms with Crippen LogP contribution in [-0.2, 0) is 6.16 Å². The van der Waals surface area contributed by atoms with Crippen molar-refractivity contribution in [1.29, 1.82) is 5.26 Å². The van der Waals surface area contributed by atoms with E-state index in [0.29, 0.717) is 5.56 Å². The van der Waals surface area contributed by atoms with Crippen molar-refractivity contribution >= 4 is 47.6 Å². The summed E-state index contributed by atoms with van der Waals surface area (Å²) in [4.78, 5) is 3.63. The van der Waals surface area contributed by atoms with E-state index in [2.05, 4.69) is 124 Å². The molecule has 0 aliphatic rings. The Balaban J connectivity index is 1.82. The van der Waals surface area contributed by atoms with Crippen molar-refractivity contribution in [3.63, 3.8) is 0 Å². The second-order valence-electron chi connectivity index (χ2n) is 8.06. The predicted molar refractivity (Wildman–Crippen MR) is 141 cm³/mol. The van der Waals surface area contributed by atoms with Gasteiger partial charge in [0.1, 0.15) is 0 Å². The van der Waals surface area contributed by atoms with E-state index >= 15 is 0 Å². The maximum atomic E-state index is 9.32. The molecule has 32 heavy (non-hydrogen) atoms. The van der Waals surface area contributed by atoms with Crippen LogP contribution in [0.2, 0.25) is 0 Å². The first-order chi connectivity index (χ1) is 15.6. The van der Waals surface area contributed by atoms with Crippen LogP contribution in [0.25, 0.3) is 10.9 Å². The Bertz CT molecular complexity index is 1320. The molecule has 1 aromatic heterocycles. The van der Waals surface area contributed by atoms with Crippen LogP contribution in [0.1, 0.15) is 11.3 Å². The third-order valence-corrected chi connectivity index (χ3v) is 15.7. The summed E-state index contributed by atoms with van der Waals surface area (Å²) in [6.45, 7) is 0. The summed E-state index contributed by atoms with van der Waals surface area (Å²) in [5.74, 6) is 0. The number of aromatic amines is 1. The fourth-order valence-corrected chi connectivity index (χ4v) is 12.2. The van der Waals surface area contributed by atoms with E-state index in [1.807, 2.05) is 18.2 Å². The van der Waals surface area contributed by atoms with Crippen LogP contribution in [0, 0.1) is 11.3 Å². The number of hydrogen-bond acceptors (Lipinski definition) is 1. The zero-order chi connectivity index (χ0) is 22.0. The van der Waals surface area contributed by atoms with Crippen LogP contribution in [0.15, 0.2) is 115 Å². The van der Waals surface area contributed by atoms with Crippen molar-refractivity contribution < 1.29 is 0 Å². The summed E-state index contributed by atoms with van der Waals surface area (Å²) in [5, 5.41) is 11.2. The molecule has 5 aromatic rings. The second-order valence-corrected chi connectivity index (χ2v) is 17.0. The molecule has 0 aliphatic carbocycles. The molecule has 5 rings (SSSR count). The molecule has 4 heteroatoms. The molecule has 4 aromatic carbocycles. The van der Waals surface area contributed by atoms with E-state index in [4.69, 9.17) is 0 Å². The number of nitrogens with zero attached hydrogens (tertiary/aromatic N) is 1. The number of nitriles is 1. The number of H-pyrrole nitrogens is 1. The van der Waals surface area contributed by atoms with Gasteiger partial charge in [0.25, 0.3) is 0 Å². The number of benzene rings is 4. The fourth-order valence-electron chi connectivity index (χ4n) is 4.60. The molecule has 0 spiro atoms. The van der Waals surface area contributed by atoms with Gasteiger partial charge in [-0.1, -0.05) is 0 Å². The van der Waals surface area contributed by atoms with Crippen LogP contribution >= 0.6 is 20.8 Å². The van der Waals surface area contributed by atoms with Crippen LogP contribution in [-0.4, -0.2) is 4.98 Å². The predicted octanol–water partition coefficient (Wildman–Crippen LogP) is 6.38. The molecule has 2 nitrogen and oxygen atoms in total. The van der Waals surface area contributed by atoms with Gasteiger partial charge in [-0.05, 0) is 0 Å². The number of aromatic nitrogens is 1. The van der Waals surface area contributed by atoms with E-state index in [9.17, 15) is 5.26 Å². The SMILES string of the molecule is N#Cc1ccc2[nH]c(CP(Br)(c3ccccc3)(c3ccccc3)c3ccccc3)cc2c1. The van der Waals surface area contributed by atoms with Gasteiger partial charge in [0, 0.05) is 0 Å². The minimum atomic E-state index is -3.05. The summed E-state index contributed by atoms with van der Waals surface area (Å²) in [5.41, 5.74) is 2.86. The van der Waals surface area contributed by atoms with Gasteiger partial charge in [0.2, 0.25) is 0 Å². The van der Waals surface area contributed by atoms with Crippen LogP contribution in [0.3, 0.4) is 0 Å². The third-order valence-electron chi connectivity index (χ3n) is 6.16. The van der Waals surface area contributed by atoms with Crippen molar-refractivity contribution in [3.05, 3.63) is 127 Å². The first kappa shape index (κ1) is 20.7. The topological polar surface area (TPSA) is 39.6 Å². The molecule has 0 atom stereocenters. The van der Waals surface area contributed by atoms with Crippen LogP contribution in [0.5, 0.6) is 0 Å². The van der Waals surface area contributed by atoms with E-state index in [0.717, 1.165) is 22.8 Å². The Hall–Kier alpha value is -3.18. The number of fused-ring (bicyclic) bond motifs is 1.